The first-order valence-corrected chi connectivity index (χ1v) is 15.0. The molecule has 0 saturated carbocycles. The molecule has 0 fully saturated rings. The third-order valence-corrected chi connectivity index (χ3v) is 8.53. The molecule has 2 aliphatic rings. The molecule has 0 spiro atoms. The van der Waals surface area contributed by atoms with E-state index in [0.717, 1.165) is 47.9 Å². The second-order valence-corrected chi connectivity index (χ2v) is 12.8. The Bertz CT molecular complexity index is 1190. The molecule has 1 N–H and O–H groups in total. The average Bonchev–Trinajstić information content (AvgIpc) is 2.86. The van der Waals surface area contributed by atoms with E-state index < -0.39 is 5.60 Å². The van der Waals surface area contributed by atoms with Crippen LogP contribution >= 0.6 is 0 Å². The van der Waals surface area contributed by atoms with Crippen molar-refractivity contribution in [2.45, 2.75) is 125 Å². The fourth-order valence-corrected chi connectivity index (χ4v) is 5.66. The van der Waals surface area contributed by atoms with Crippen LogP contribution < -0.4 is 5.43 Å². The Morgan fingerprint density at radius 3 is 2.13 bits per heavy atom. The third-order valence-electron chi connectivity index (χ3n) is 8.53. The number of fused-ring (bicyclic) bond motifs is 2. The molecule has 0 aromatic heterocycles. The van der Waals surface area contributed by atoms with Crippen LogP contribution in [-0.2, 0) is 6.42 Å². The van der Waals surface area contributed by atoms with E-state index in [4.69, 9.17) is 9.40 Å². The van der Waals surface area contributed by atoms with Gasteiger partial charge in [0.15, 0.2) is 16.8 Å². The molecule has 0 bridgehead atoms. The maximum absolute atomic E-state index is 13.2. The Kier molecular flexibility index (Phi) is 11.0. The number of aliphatic hydroxyl groups is 1. The number of hydrogen-bond donors (Lipinski definition) is 1. The van der Waals surface area contributed by atoms with Gasteiger partial charge in [0.2, 0.25) is 0 Å². The van der Waals surface area contributed by atoms with Crippen LogP contribution in [0.25, 0.3) is 22.6 Å². The first kappa shape index (κ1) is 30.3. The summed E-state index contributed by atoms with van der Waals surface area (Å²) < 4.78 is 6.21. The van der Waals surface area contributed by atoms with Gasteiger partial charge in [0.1, 0.15) is 11.2 Å². The van der Waals surface area contributed by atoms with Crippen molar-refractivity contribution in [3.63, 3.8) is 0 Å². The number of nitrogens with zero attached hydrogens (tertiary/aromatic N) is 1. The normalized spacial score (nSPS) is 15.3. The van der Waals surface area contributed by atoms with Crippen LogP contribution in [0.3, 0.4) is 0 Å². The Balaban J connectivity index is 1.52. The van der Waals surface area contributed by atoms with E-state index in [1.165, 1.54) is 38.5 Å². The maximum atomic E-state index is 13.2. The van der Waals surface area contributed by atoms with Crippen LogP contribution in [0.1, 0.15) is 116 Å². The van der Waals surface area contributed by atoms with E-state index in [0.29, 0.717) is 41.2 Å². The molecular formula is C34H51NO3. The number of para-hydroxylation sites is 2. The van der Waals surface area contributed by atoms with Crippen LogP contribution in [0.5, 0.6) is 0 Å². The van der Waals surface area contributed by atoms with E-state index in [1.54, 1.807) is 0 Å². The quantitative estimate of drug-likeness (QED) is 0.203. The molecule has 1 aromatic carbocycles. The maximum Gasteiger partial charge on any atom is 0.188 e. The summed E-state index contributed by atoms with van der Waals surface area (Å²) in [6.45, 7) is 15.1. The van der Waals surface area contributed by atoms with E-state index in [-0.39, 0.29) is 5.43 Å². The number of hydrogen-bond acceptors (Lipinski definition) is 4. The fourth-order valence-electron chi connectivity index (χ4n) is 5.66. The first-order valence-electron chi connectivity index (χ1n) is 15.0. The van der Waals surface area contributed by atoms with Gasteiger partial charge >= 0.3 is 0 Å². The minimum absolute atomic E-state index is 0.0127. The summed E-state index contributed by atoms with van der Waals surface area (Å²) in [6.07, 6.45) is 11.9. The van der Waals surface area contributed by atoms with E-state index >= 15 is 0 Å². The van der Waals surface area contributed by atoms with Crippen molar-refractivity contribution in [3.8, 4) is 11.5 Å². The van der Waals surface area contributed by atoms with Gasteiger partial charge < -0.3 is 9.52 Å². The van der Waals surface area contributed by atoms with Crippen molar-refractivity contribution in [2.75, 3.05) is 0 Å². The van der Waals surface area contributed by atoms with Crippen LogP contribution in [-0.4, -0.2) is 15.7 Å². The molecular weight excluding hydrogens is 470 g/mol. The Morgan fingerprint density at radius 1 is 0.868 bits per heavy atom. The molecule has 1 aliphatic heterocycles. The van der Waals surface area contributed by atoms with E-state index in [2.05, 4.69) is 27.7 Å². The van der Waals surface area contributed by atoms with Crippen molar-refractivity contribution in [1.82, 2.24) is 4.98 Å². The Labute approximate surface area is 230 Å². The molecule has 1 aromatic rings. The van der Waals surface area contributed by atoms with Crippen LogP contribution in [0.2, 0.25) is 0 Å². The number of aromatic nitrogens is 1. The molecule has 0 unspecified atom stereocenters. The molecule has 3 rings (SSSR count). The lowest BCUT2D eigenvalue weighted by molar-refractivity contribution is 0.0385. The predicted octanol–water partition coefficient (Wildman–Crippen LogP) is 9.03. The molecule has 4 nitrogen and oxygen atoms in total. The smallest absolute Gasteiger partial charge is 0.188 e. The van der Waals surface area contributed by atoms with Gasteiger partial charge in [0.05, 0.1) is 5.60 Å². The Hall–Kier alpha value is -2.20. The molecule has 4 heteroatoms. The largest absolute Gasteiger partial charge is 0.452 e. The molecule has 0 radical (unpaired) electrons. The molecule has 1 aliphatic carbocycles. The number of rotatable bonds is 15. The van der Waals surface area contributed by atoms with Crippen LogP contribution in [0.15, 0.2) is 33.5 Å². The predicted molar refractivity (Wildman–Crippen MR) is 160 cm³/mol. The summed E-state index contributed by atoms with van der Waals surface area (Å²) in [4.78, 5) is 18.0. The second kappa shape index (κ2) is 13.7. The summed E-state index contributed by atoms with van der Waals surface area (Å²) in [5.41, 5.74) is 3.63. The van der Waals surface area contributed by atoms with Gasteiger partial charge in [-0.15, -0.1) is 0 Å². The standard InChI is InChI=1S/C34H51NO3/c1-23(2)13-10-14-24(3)15-11-16-25(4)17-12-21-34(7,37)22-20-28-32(36)27(6)26(5)31-33(28)38-30-19-9-8-18-29(30)35-31/h8-9,18-19,23-25,37H,10-17,20-22H2,1-7H3/t24-,25-,34-/m1/s1. The van der Waals surface area contributed by atoms with Gasteiger partial charge in [0, 0.05) is 11.1 Å². The fraction of sp³-hybridized carbons (Fsp3) is 0.647. The topological polar surface area (TPSA) is 63.3 Å². The monoisotopic (exact) mass is 521 g/mol. The zero-order valence-electron chi connectivity index (χ0n) is 25.0. The highest BCUT2D eigenvalue weighted by Crippen LogP contribution is 2.33. The summed E-state index contributed by atoms with van der Waals surface area (Å²) >= 11 is 0. The zero-order valence-corrected chi connectivity index (χ0v) is 25.0. The lowest BCUT2D eigenvalue weighted by Gasteiger charge is -2.25. The minimum Gasteiger partial charge on any atom is -0.452 e. The van der Waals surface area contributed by atoms with Gasteiger partial charge in [-0.1, -0.05) is 91.2 Å². The van der Waals surface area contributed by atoms with Crippen LogP contribution in [0, 0.1) is 31.6 Å². The van der Waals surface area contributed by atoms with Gasteiger partial charge in [-0.25, -0.2) is 4.98 Å². The molecule has 3 atom stereocenters. The van der Waals surface area contributed by atoms with Gasteiger partial charge in [-0.2, -0.15) is 0 Å². The Morgan fingerprint density at radius 2 is 1.47 bits per heavy atom. The first-order chi connectivity index (χ1) is 18.0. The van der Waals surface area contributed by atoms with Crippen molar-refractivity contribution in [2.24, 2.45) is 17.8 Å². The van der Waals surface area contributed by atoms with E-state index in [9.17, 15) is 9.90 Å². The third kappa shape index (κ3) is 8.40. The zero-order chi connectivity index (χ0) is 27.9. The molecule has 210 valence electrons. The summed E-state index contributed by atoms with van der Waals surface area (Å²) in [6, 6.07) is 7.67. The van der Waals surface area contributed by atoms with E-state index in [1.807, 2.05) is 45.0 Å². The highest BCUT2D eigenvalue weighted by molar-refractivity contribution is 5.78. The van der Waals surface area contributed by atoms with Gasteiger partial charge in [-0.05, 0) is 75.5 Å². The average molecular weight is 522 g/mol. The van der Waals surface area contributed by atoms with Crippen LogP contribution in [0.4, 0.5) is 0 Å². The second-order valence-electron chi connectivity index (χ2n) is 12.8. The minimum atomic E-state index is -0.813. The summed E-state index contributed by atoms with van der Waals surface area (Å²) in [5.74, 6) is 2.90. The molecule has 0 saturated heterocycles. The molecule has 38 heavy (non-hydrogen) atoms. The van der Waals surface area contributed by atoms with Gasteiger partial charge in [-0.3, -0.25) is 4.79 Å². The summed E-state index contributed by atoms with van der Waals surface area (Å²) in [7, 11) is 0. The number of benzene rings is 2. The summed E-state index contributed by atoms with van der Waals surface area (Å²) in [5, 5.41) is 11.2. The molecule has 1 heterocycles. The lowest BCUT2D eigenvalue weighted by atomic mass is 9.87. The van der Waals surface area contributed by atoms with Gasteiger partial charge in [0.25, 0.3) is 0 Å². The molecule has 0 amide bonds. The highest BCUT2D eigenvalue weighted by Gasteiger charge is 2.26. The lowest BCUT2D eigenvalue weighted by Crippen LogP contribution is -2.27. The van der Waals surface area contributed by atoms with Crippen molar-refractivity contribution in [3.05, 3.63) is 51.2 Å². The SMILES string of the molecule is Cc1c2nc3ccccc3oc-2c(CC[C@](C)(O)CCC[C@H](C)CCC[C@H](C)CCCC(C)C)c(=O)c1C. The highest BCUT2D eigenvalue weighted by atomic mass is 16.3. The van der Waals surface area contributed by atoms with Crippen molar-refractivity contribution in [1.29, 1.82) is 0 Å². The van der Waals surface area contributed by atoms with Crippen molar-refractivity contribution >= 4 is 11.1 Å². The van der Waals surface area contributed by atoms with Crippen molar-refractivity contribution < 1.29 is 9.52 Å².